The monoisotopic (exact) mass is 219 g/mol. The molecule has 4 nitrogen and oxygen atoms in total. The van der Waals surface area contributed by atoms with Gasteiger partial charge in [0.25, 0.3) is 0 Å². The Kier molecular flexibility index (Phi) is 0.899. The molecule has 0 amide bonds. The first-order chi connectivity index (χ1) is 11.5. The number of cyclic esters (lactones) is 1. The molecule has 0 N–H and O–H groups in total. The SMILES string of the molecule is [2H]C([2H])(c1cncn1C([2H])([2H])[2H])[C@H]1COC(=O)[C@@]1([2H])C([2H])([2H])C([2H])([2H])[2H]. The van der Waals surface area contributed by atoms with E-state index in [1.54, 1.807) is 0 Å². The number of hydrogen-bond acceptors (Lipinski definition) is 3. The van der Waals surface area contributed by atoms with Crippen LogP contribution in [0.3, 0.4) is 0 Å². The van der Waals surface area contributed by atoms with Crippen LogP contribution >= 0.6 is 0 Å². The minimum atomic E-state index is -3.45. The maximum atomic E-state index is 12.1. The molecule has 0 radical (unpaired) electrons. The lowest BCUT2D eigenvalue weighted by molar-refractivity contribution is -0.141. The highest BCUT2D eigenvalue weighted by Crippen LogP contribution is 2.27. The standard InChI is InChI=1S/C11H16N2O2/c1-3-10-8(6-15-11(10)14)4-9-5-12-7-13(9)2/h5,7-8,10H,3-4,6H2,1-2H3/t8-,10-/m0/s1/i1D3,2D3,3D2,4D2,10D. The Balaban J connectivity index is 2.63. The first-order valence-electron chi connectivity index (χ1n) is 9.69. The molecule has 15 heavy (non-hydrogen) atoms. The predicted octanol–water partition coefficient (Wildman–Crippen LogP) is 1.16. The summed E-state index contributed by atoms with van der Waals surface area (Å²) in [5.41, 5.74) is -0.543. The molecule has 0 unspecified atom stereocenters. The van der Waals surface area contributed by atoms with Crippen LogP contribution in [0, 0.1) is 11.8 Å². The maximum absolute atomic E-state index is 12.1. The fourth-order valence-corrected chi connectivity index (χ4v) is 1.29. The third kappa shape index (κ3) is 1.89. The van der Waals surface area contributed by atoms with Crippen LogP contribution in [-0.4, -0.2) is 22.1 Å². The number of carbonyl (C=O) groups is 1. The Morgan fingerprint density at radius 1 is 1.93 bits per heavy atom. The molecular formula is C11H16N2O2. The summed E-state index contributed by atoms with van der Waals surface area (Å²) in [7, 11) is 0. The predicted molar refractivity (Wildman–Crippen MR) is 55.1 cm³/mol. The van der Waals surface area contributed by atoms with Crippen LogP contribution in [0.2, 0.25) is 0 Å². The number of aromatic nitrogens is 2. The summed E-state index contributed by atoms with van der Waals surface area (Å²) in [5.74, 6) is -6.56. The van der Waals surface area contributed by atoms with Crippen LogP contribution in [0.4, 0.5) is 0 Å². The van der Waals surface area contributed by atoms with Gasteiger partial charge in [0.05, 0.1) is 18.8 Å². The van der Waals surface area contributed by atoms with Crippen LogP contribution in [0.5, 0.6) is 0 Å². The third-order valence-electron chi connectivity index (χ3n) is 2.04. The zero-order valence-corrected chi connectivity index (χ0v) is 7.65. The quantitative estimate of drug-likeness (QED) is 0.717. The van der Waals surface area contributed by atoms with Crippen LogP contribution in [-0.2, 0) is 22.9 Å². The van der Waals surface area contributed by atoms with Gasteiger partial charge in [0, 0.05) is 39.9 Å². The molecule has 1 aromatic heterocycles. The number of ether oxygens (including phenoxy) is 1. The second-order valence-corrected chi connectivity index (χ2v) is 2.98. The van der Waals surface area contributed by atoms with Crippen molar-refractivity contribution < 1.29 is 24.6 Å². The molecule has 1 fully saturated rings. The van der Waals surface area contributed by atoms with Crippen LogP contribution in [0.1, 0.15) is 34.0 Å². The minimum Gasteiger partial charge on any atom is -0.465 e. The number of imidazole rings is 1. The summed E-state index contributed by atoms with van der Waals surface area (Å²) in [6.07, 6.45) is -4.53. The highest BCUT2D eigenvalue weighted by Gasteiger charge is 2.35. The molecule has 0 aliphatic carbocycles. The van der Waals surface area contributed by atoms with Gasteiger partial charge in [0.15, 0.2) is 0 Å². The normalized spacial score (nSPS) is 44.9. The fourth-order valence-electron chi connectivity index (χ4n) is 1.29. The molecule has 0 spiro atoms. The number of nitrogens with zero attached hydrogens (tertiary/aromatic N) is 2. The molecular weight excluding hydrogens is 192 g/mol. The molecule has 1 aliphatic heterocycles. The van der Waals surface area contributed by atoms with Crippen LogP contribution < -0.4 is 0 Å². The van der Waals surface area contributed by atoms with Crippen molar-refractivity contribution in [1.29, 1.82) is 0 Å². The molecule has 0 bridgehead atoms. The molecule has 1 aromatic rings. The zero-order chi connectivity index (χ0) is 20.3. The molecule has 1 saturated heterocycles. The fraction of sp³-hybridized carbons (Fsp3) is 0.636. The first-order valence-corrected chi connectivity index (χ1v) is 4.19. The molecule has 2 heterocycles. The van der Waals surface area contributed by atoms with E-state index in [4.69, 9.17) is 15.1 Å². The van der Waals surface area contributed by atoms with Crippen molar-refractivity contribution >= 4 is 5.97 Å². The molecule has 82 valence electrons. The van der Waals surface area contributed by atoms with E-state index in [0.29, 0.717) is 4.57 Å². The summed E-state index contributed by atoms with van der Waals surface area (Å²) in [5, 5.41) is 0. The lowest BCUT2D eigenvalue weighted by Crippen LogP contribution is -2.18. The highest BCUT2D eigenvalue weighted by molar-refractivity contribution is 5.74. The summed E-state index contributed by atoms with van der Waals surface area (Å²) < 4.78 is 89.9. The van der Waals surface area contributed by atoms with E-state index in [1.807, 2.05) is 0 Å². The van der Waals surface area contributed by atoms with Crippen molar-refractivity contribution in [3.05, 3.63) is 18.2 Å². The van der Waals surface area contributed by atoms with Crippen molar-refractivity contribution in [2.75, 3.05) is 6.61 Å². The van der Waals surface area contributed by atoms with E-state index >= 15 is 0 Å². The topological polar surface area (TPSA) is 44.1 Å². The Hall–Kier alpha value is -1.32. The molecule has 1 aliphatic rings. The first kappa shape index (κ1) is 3.34. The Labute approximate surface area is 105 Å². The van der Waals surface area contributed by atoms with Gasteiger partial charge >= 0.3 is 5.97 Å². The highest BCUT2D eigenvalue weighted by atomic mass is 16.5. The van der Waals surface area contributed by atoms with Crippen molar-refractivity contribution in [2.24, 2.45) is 18.8 Å². The summed E-state index contributed by atoms with van der Waals surface area (Å²) in [6, 6.07) is 0. The van der Waals surface area contributed by atoms with Gasteiger partial charge in [0.1, 0.15) is 0 Å². The number of carbonyl (C=O) groups excluding carboxylic acids is 1. The lowest BCUT2D eigenvalue weighted by atomic mass is 9.89. The Morgan fingerprint density at radius 3 is 3.67 bits per heavy atom. The Morgan fingerprint density at radius 2 is 2.87 bits per heavy atom. The second-order valence-electron chi connectivity index (χ2n) is 2.98. The van der Waals surface area contributed by atoms with E-state index in [9.17, 15) is 4.79 Å². The molecule has 2 atom stereocenters. The van der Waals surface area contributed by atoms with E-state index in [0.717, 1.165) is 12.5 Å². The minimum absolute atomic E-state index is 0.515. The van der Waals surface area contributed by atoms with Gasteiger partial charge in [0.2, 0.25) is 0 Å². The smallest absolute Gasteiger partial charge is 0.309 e. The molecule has 0 saturated carbocycles. The number of aryl methyl sites for hydroxylation is 1. The lowest BCUT2D eigenvalue weighted by Gasteiger charge is -2.12. The van der Waals surface area contributed by atoms with Gasteiger partial charge in [-0.1, -0.05) is 6.85 Å². The van der Waals surface area contributed by atoms with Gasteiger partial charge in [-0.25, -0.2) is 4.98 Å². The third-order valence-corrected chi connectivity index (χ3v) is 2.04. The van der Waals surface area contributed by atoms with Gasteiger partial charge in [-0.05, 0) is 12.7 Å². The van der Waals surface area contributed by atoms with E-state index in [1.165, 1.54) is 0 Å². The molecule has 2 rings (SSSR count). The zero-order valence-electron chi connectivity index (χ0n) is 18.7. The summed E-state index contributed by atoms with van der Waals surface area (Å²) in [4.78, 5) is 15.7. The van der Waals surface area contributed by atoms with Crippen LogP contribution in [0.25, 0.3) is 0 Å². The van der Waals surface area contributed by atoms with Crippen LogP contribution in [0.15, 0.2) is 12.5 Å². The van der Waals surface area contributed by atoms with Gasteiger partial charge in [-0.2, -0.15) is 0 Å². The second kappa shape index (κ2) is 4.04. The van der Waals surface area contributed by atoms with E-state index in [2.05, 4.69) is 9.72 Å². The van der Waals surface area contributed by atoms with Gasteiger partial charge < -0.3 is 9.30 Å². The maximum Gasteiger partial charge on any atom is 0.309 e. The summed E-state index contributed by atoms with van der Waals surface area (Å²) >= 11 is 0. The number of rotatable bonds is 3. The average molecular weight is 219 g/mol. The van der Waals surface area contributed by atoms with Crippen molar-refractivity contribution in [3.63, 3.8) is 0 Å². The van der Waals surface area contributed by atoms with Crippen molar-refractivity contribution in [3.8, 4) is 0 Å². The van der Waals surface area contributed by atoms with Gasteiger partial charge in [-0.3, -0.25) is 4.79 Å². The molecule has 4 heteroatoms. The van der Waals surface area contributed by atoms with Crippen molar-refractivity contribution in [1.82, 2.24) is 9.55 Å². The average Bonchev–Trinajstić information content (AvgIpc) is 3.04. The summed E-state index contributed by atoms with van der Waals surface area (Å²) in [6.45, 7) is -7.02. The largest absolute Gasteiger partial charge is 0.465 e. The van der Waals surface area contributed by atoms with E-state index in [-0.39, 0.29) is 0 Å². The van der Waals surface area contributed by atoms with Crippen molar-refractivity contribution in [2.45, 2.75) is 19.6 Å². The van der Waals surface area contributed by atoms with E-state index < -0.39 is 56.7 Å². The molecule has 0 aromatic carbocycles. The Bertz CT molecular complexity index is 708. The number of esters is 1. The number of hydrogen-bond donors (Lipinski definition) is 0. The van der Waals surface area contributed by atoms with Gasteiger partial charge in [-0.15, -0.1) is 0 Å².